The van der Waals surface area contributed by atoms with Gasteiger partial charge in [0.2, 0.25) is 0 Å². The molecule has 5 heteroatoms. The van der Waals surface area contributed by atoms with E-state index < -0.39 is 14.6 Å². The molecule has 1 rings (SSSR count). The predicted molar refractivity (Wildman–Crippen MR) is 81.7 cm³/mol. The Balaban J connectivity index is 2.56. The molecule has 1 amide bonds. The van der Waals surface area contributed by atoms with E-state index in [1.165, 1.54) is 0 Å². The molecule has 0 saturated heterocycles. The molecular weight excluding hydrogens is 274 g/mol. The second kappa shape index (κ2) is 6.39. The van der Waals surface area contributed by atoms with Crippen LogP contribution in [-0.4, -0.2) is 31.4 Å². The second-order valence-corrected chi connectivity index (χ2v) is 8.60. The van der Waals surface area contributed by atoms with Crippen LogP contribution < -0.4 is 5.32 Å². The van der Waals surface area contributed by atoms with E-state index in [2.05, 4.69) is 5.32 Å². The van der Waals surface area contributed by atoms with E-state index in [0.29, 0.717) is 5.56 Å². The van der Waals surface area contributed by atoms with Crippen LogP contribution in [0.3, 0.4) is 0 Å². The van der Waals surface area contributed by atoms with Crippen LogP contribution in [-0.2, 0) is 16.3 Å². The highest BCUT2D eigenvalue weighted by Crippen LogP contribution is 2.15. The first-order valence-corrected chi connectivity index (χ1v) is 8.42. The zero-order valence-electron chi connectivity index (χ0n) is 12.6. The van der Waals surface area contributed by atoms with E-state index >= 15 is 0 Å². The van der Waals surface area contributed by atoms with E-state index in [9.17, 15) is 13.2 Å². The predicted octanol–water partition coefficient (Wildman–Crippen LogP) is 2.19. The van der Waals surface area contributed by atoms with Crippen molar-refractivity contribution in [3.63, 3.8) is 0 Å². The van der Waals surface area contributed by atoms with Gasteiger partial charge in [0.05, 0.1) is 10.5 Å². The smallest absolute Gasteiger partial charge is 0.251 e. The lowest BCUT2D eigenvalue weighted by Gasteiger charge is -2.19. The lowest BCUT2D eigenvalue weighted by molar-refractivity contribution is 0.0956. The van der Waals surface area contributed by atoms with Gasteiger partial charge in [-0.2, -0.15) is 0 Å². The first-order chi connectivity index (χ1) is 9.17. The number of nitrogens with one attached hydrogen (secondary N) is 1. The van der Waals surface area contributed by atoms with Crippen LogP contribution in [0.5, 0.6) is 0 Å². The van der Waals surface area contributed by atoms with Gasteiger partial charge in [0.15, 0.2) is 9.84 Å². The largest absolute Gasteiger partial charge is 0.351 e. The van der Waals surface area contributed by atoms with Gasteiger partial charge in [0, 0.05) is 12.1 Å². The van der Waals surface area contributed by atoms with Crippen LogP contribution in [0.15, 0.2) is 24.3 Å². The molecule has 20 heavy (non-hydrogen) atoms. The van der Waals surface area contributed by atoms with Crippen LogP contribution in [0.1, 0.15) is 43.6 Å². The zero-order valence-corrected chi connectivity index (χ0v) is 13.4. The van der Waals surface area contributed by atoms with Gasteiger partial charge in [0.25, 0.3) is 5.91 Å². The molecule has 0 saturated carbocycles. The molecule has 0 fully saturated rings. The first kappa shape index (κ1) is 16.7. The van der Waals surface area contributed by atoms with E-state index in [0.717, 1.165) is 12.0 Å². The molecule has 1 N–H and O–H groups in total. The molecule has 0 radical (unpaired) electrons. The number of aryl methyl sites for hydroxylation is 1. The van der Waals surface area contributed by atoms with Crippen LogP contribution in [0.25, 0.3) is 0 Å². The van der Waals surface area contributed by atoms with E-state index in [-0.39, 0.29) is 18.2 Å². The van der Waals surface area contributed by atoms with Crippen molar-refractivity contribution in [1.29, 1.82) is 0 Å². The summed E-state index contributed by atoms with van der Waals surface area (Å²) >= 11 is 0. The van der Waals surface area contributed by atoms with Gasteiger partial charge < -0.3 is 5.32 Å². The van der Waals surface area contributed by atoms with Gasteiger partial charge in [-0.15, -0.1) is 0 Å². The maximum atomic E-state index is 11.9. The summed E-state index contributed by atoms with van der Waals surface area (Å²) in [6.07, 6.45) is 0.922. The summed E-state index contributed by atoms with van der Waals surface area (Å²) < 4.78 is 23.0. The zero-order chi connectivity index (χ0) is 15.4. The van der Waals surface area contributed by atoms with Crippen molar-refractivity contribution in [2.45, 2.75) is 38.9 Å². The molecule has 1 aromatic carbocycles. The van der Waals surface area contributed by atoms with Crippen LogP contribution in [0.2, 0.25) is 0 Å². The Hall–Kier alpha value is -1.36. The van der Waals surface area contributed by atoms with Crippen molar-refractivity contribution >= 4 is 15.7 Å². The Morgan fingerprint density at radius 2 is 1.70 bits per heavy atom. The monoisotopic (exact) mass is 297 g/mol. The maximum absolute atomic E-state index is 11.9. The SMILES string of the molecule is CCc1ccc(C(=O)NCCS(=O)(=O)C(C)(C)C)cc1. The van der Waals surface area contributed by atoms with Crippen LogP contribution in [0, 0.1) is 0 Å². The van der Waals surface area contributed by atoms with Crippen molar-refractivity contribution in [3.05, 3.63) is 35.4 Å². The molecule has 0 aromatic heterocycles. The lowest BCUT2D eigenvalue weighted by atomic mass is 10.1. The lowest BCUT2D eigenvalue weighted by Crippen LogP contribution is -2.36. The number of carbonyl (C=O) groups is 1. The van der Waals surface area contributed by atoms with Crippen molar-refractivity contribution in [1.82, 2.24) is 5.32 Å². The van der Waals surface area contributed by atoms with E-state index in [4.69, 9.17) is 0 Å². The summed E-state index contributed by atoms with van der Waals surface area (Å²) in [6, 6.07) is 7.32. The molecule has 0 unspecified atom stereocenters. The summed E-state index contributed by atoms with van der Waals surface area (Å²) in [4.78, 5) is 11.9. The van der Waals surface area contributed by atoms with E-state index in [1.54, 1.807) is 32.9 Å². The summed E-state index contributed by atoms with van der Waals surface area (Å²) in [7, 11) is -3.20. The number of benzene rings is 1. The van der Waals surface area contributed by atoms with Crippen molar-refractivity contribution < 1.29 is 13.2 Å². The van der Waals surface area contributed by atoms with E-state index in [1.807, 2.05) is 19.1 Å². The Bertz CT molecular complexity index is 554. The fourth-order valence-electron chi connectivity index (χ4n) is 1.60. The molecule has 0 heterocycles. The van der Waals surface area contributed by atoms with Crippen LogP contribution in [0.4, 0.5) is 0 Å². The third-order valence-corrected chi connectivity index (χ3v) is 5.82. The molecule has 0 spiro atoms. The van der Waals surface area contributed by atoms with Gasteiger partial charge >= 0.3 is 0 Å². The number of hydrogen-bond donors (Lipinski definition) is 1. The highest BCUT2D eigenvalue weighted by Gasteiger charge is 2.28. The molecule has 0 atom stereocenters. The summed E-state index contributed by atoms with van der Waals surface area (Å²) in [6.45, 7) is 7.16. The minimum absolute atomic E-state index is 0.0463. The van der Waals surface area contributed by atoms with Gasteiger partial charge in [-0.05, 0) is 44.9 Å². The molecule has 112 valence electrons. The number of amides is 1. The van der Waals surface area contributed by atoms with Crippen molar-refractivity contribution in [2.24, 2.45) is 0 Å². The number of rotatable bonds is 5. The number of carbonyl (C=O) groups excluding carboxylic acids is 1. The minimum Gasteiger partial charge on any atom is -0.351 e. The molecule has 0 aliphatic heterocycles. The second-order valence-electron chi connectivity index (χ2n) is 5.74. The topological polar surface area (TPSA) is 63.2 Å². The average molecular weight is 297 g/mol. The third-order valence-electron chi connectivity index (χ3n) is 3.21. The fraction of sp³-hybridized carbons (Fsp3) is 0.533. The maximum Gasteiger partial charge on any atom is 0.251 e. The van der Waals surface area contributed by atoms with Crippen molar-refractivity contribution in [3.8, 4) is 0 Å². The van der Waals surface area contributed by atoms with Crippen LogP contribution >= 0.6 is 0 Å². The molecule has 4 nitrogen and oxygen atoms in total. The molecule has 0 bridgehead atoms. The van der Waals surface area contributed by atoms with Gasteiger partial charge in [0.1, 0.15) is 0 Å². The third kappa shape index (κ3) is 4.34. The quantitative estimate of drug-likeness (QED) is 0.906. The Morgan fingerprint density at radius 1 is 1.15 bits per heavy atom. The summed E-state index contributed by atoms with van der Waals surface area (Å²) in [5.74, 6) is -0.285. The number of sulfone groups is 1. The standard InChI is InChI=1S/C15H23NO3S/c1-5-12-6-8-13(9-7-12)14(17)16-10-11-20(18,19)15(2,3)4/h6-9H,5,10-11H2,1-4H3,(H,16,17). The highest BCUT2D eigenvalue weighted by atomic mass is 32.2. The first-order valence-electron chi connectivity index (χ1n) is 6.77. The molecule has 0 aliphatic carbocycles. The highest BCUT2D eigenvalue weighted by molar-refractivity contribution is 7.92. The average Bonchev–Trinajstić information content (AvgIpc) is 2.37. The van der Waals surface area contributed by atoms with Gasteiger partial charge in [-0.1, -0.05) is 19.1 Å². The minimum atomic E-state index is -3.20. The normalized spacial score (nSPS) is 12.2. The Kier molecular flexibility index (Phi) is 5.34. The Morgan fingerprint density at radius 3 is 2.15 bits per heavy atom. The molecule has 1 aromatic rings. The molecular formula is C15H23NO3S. The summed E-state index contributed by atoms with van der Waals surface area (Å²) in [5, 5.41) is 2.65. The fourth-order valence-corrected chi connectivity index (χ4v) is 2.58. The number of hydrogen-bond acceptors (Lipinski definition) is 3. The Labute approximate surface area is 121 Å². The molecule has 0 aliphatic rings. The van der Waals surface area contributed by atoms with Gasteiger partial charge in [-0.25, -0.2) is 8.42 Å². The van der Waals surface area contributed by atoms with Gasteiger partial charge in [-0.3, -0.25) is 4.79 Å². The summed E-state index contributed by atoms with van der Waals surface area (Å²) in [5.41, 5.74) is 1.72. The van der Waals surface area contributed by atoms with Crippen molar-refractivity contribution in [2.75, 3.05) is 12.3 Å².